The van der Waals surface area contributed by atoms with Crippen LogP contribution in [0.4, 0.5) is 0 Å². The summed E-state index contributed by atoms with van der Waals surface area (Å²) >= 11 is 0. The van der Waals surface area contributed by atoms with Crippen LogP contribution in [0, 0.1) is 13.8 Å². The summed E-state index contributed by atoms with van der Waals surface area (Å²) in [7, 11) is -3.41. The molecular weight excluding hydrogens is 349 g/mol. The zero-order chi connectivity index (χ0) is 19.2. The minimum atomic E-state index is -3.41. The first-order chi connectivity index (χ1) is 12.4. The van der Waals surface area contributed by atoms with Crippen molar-refractivity contribution in [2.24, 2.45) is 5.73 Å². The van der Waals surface area contributed by atoms with Crippen molar-refractivity contribution in [1.29, 1.82) is 0 Å². The summed E-state index contributed by atoms with van der Waals surface area (Å²) in [5.41, 5.74) is 9.94. The Bertz CT molecular complexity index is 731. The van der Waals surface area contributed by atoms with Crippen LogP contribution in [-0.4, -0.2) is 13.2 Å². The maximum atomic E-state index is 12.9. The second-order valence-corrected chi connectivity index (χ2v) is 8.23. The molecule has 0 aliphatic rings. The van der Waals surface area contributed by atoms with Gasteiger partial charge in [-0.05, 0) is 49.9 Å². The molecule has 2 aromatic rings. The molecule has 2 rings (SSSR count). The van der Waals surface area contributed by atoms with Crippen LogP contribution in [0.5, 0.6) is 5.75 Å². The van der Waals surface area contributed by atoms with Gasteiger partial charge in [0.05, 0.1) is 13.2 Å². The molecule has 0 aliphatic carbocycles. The molecule has 1 atom stereocenters. The van der Waals surface area contributed by atoms with Gasteiger partial charge in [-0.1, -0.05) is 42.5 Å². The smallest absolute Gasteiger partial charge is 0.351 e. The van der Waals surface area contributed by atoms with Crippen molar-refractivity contribution in [3.05, 3.63) is 64.7 Å². The van der Waals surface area contributed by atoms with E-state index in [1.807, 2.05) is 56.3 Å². The van der Waals surface area contributed by atoms with Gasteiger partial charge in [-0.15, -0.1) is 0 Å². The van der Waals surface area contributed by atoms with Crippen LogP contribution in [0.15, 0.2) is 42.5 Å². The molecule has 0 radical (unpaired) electrons. The van der Waals surface area contributed by atoms with Crippen molar-refractivity contribution in [3.8, 4) is 5.75 Å². The lowest BCUT2D eigenvalue weighted by atomic mass is 10.1. The molecule has 26 heavy (non-hydrogen) atoms. The number of rotatable bonds is 9. The molecule has 0 bridgehead atoms. The van der Waals surface area contributed by atoms with Crippen LogP contribution >= 0.6 is 7.60 Å². The maximum absolute atomic E-state index is 12.9. The molecule has 0 saturated carbocycles. The van der Waals surface area contributed by atoms with E-state index < -0.39 is 13.4 Å². The average molecular weight is 377 g/mol. The maximum Gasteiger partial charge on any atom is 0.351 e. The predicted molar refractivity (Wildman–Crippen MR) is 104 cm³/mol. The van der Waals surface area contributed by atoms with Gasteiger partial charge in [-0.3, -0.25) is 4.57 Å². The van der Waals surface area contributed by atoms with Crippen LogP contribution in [0.2, 0.25) is 0 Å². The van der Waals surface area contributed by atoms with Crippen LogP contribution in [0.3, 0.4) is 0 Å². The van der Waals surface area contributed by atoms with Gasteiger partial charge in [0, 0.05) is 0 Å². The molecule has 0 aliphatic heterocycles. The first-order valence-corrected chi connectivity index (χ1v) is 10.4. The average Bonchev–Trinajstić information content (AvgIpc) is 2.61. The van der Waals surface area contributed by atoms with Crippen LogP contribution in [0.25, 0.3) is 0 Å². The third-order valence-electron chi connectivity index (χ3n) is 4.01. The van der Waals surface area contributed by atoms with Gasteiger partial charge >= 0.3 is 7.60 Å². The Balaban J connectivity index is 2.23. The van der Waals surface area contributed by atoms with Gasteiger partial charge in [0.2, 0.25) is 0 Å². The Morgan fingerprint density at radius 1 is 1.00 bits per heavy atom. The van der Waals surface area contributed by atoms with Crippen molar-refractivity contribution in [2.75, 3.05) is 13.2 Å². The van der Waals surface area contributed by atoms with Crippen LogP contribution in [-0.2, 0) is 20.2 Å². The number of hydrogen-bond acceptors (Lipinski definition) is 5. The second-order valence-electron chi connectivity index (χ2n) is 6.08. The van der Waals surface area contributed by atoms with Crippen molar-refractivity contribution < 1.29 is 18.3 Å². The number of ether oxygens (including phenoxy) is 1. The number of nitrogens with two attached hydrogens (primary N) is 1. The zero-order valence-electron chi connectivity index (χ0n) is 15.9. The molecule has 0 aromatic heterocycles. The van der Waals surface area contributed by atoms with E-state index in [9.17, 15) is 4.57 Å². The molecule has 0 spiro atoms. The van der Waals surface area contributed by atoms with Gasteiger partial charge in [0.1, 0.15) is 18.1 Å². The molecule has 0 fully saturated rings. The van der Waals surface area contributed by atoms with E-state index in [2.05, 4.69) is 0 Å². The molecule has 6 heteroatoms. The molecule has 0 unspecified atom stereocenters. The Morgan fingerprint density at radius 3 is 2.04 bits per heavy atom. The highest BCUT2D eigenvalue weighted by atomic mass is 31.2. The summed E-state index contributed by atoms with van der Waals surface area (Å²) in [5, 5.41) is 0. The highest BCUT2D eigenvalue weighted by molar-refractivity contribution is 7.54. The molecule has 2 N–H and O–H groups in total. The zero-order valence-corrected chi connectivity index (χ0v) is 16.8. The molecule has 5 nitrogen and oxygen atoms in total. The molecular formula is C20H28NO4P. The lowest BCUT2D eigenvalue weighted by molar-refractivity contribution is 0.212. The van der Waals surface area contributed by atoms with E-state index in [1.54, 1.807) is 13.8 Å². The number of hydrogen-bond donors (Lipinski definition) is 1. The van der Waals surface area contributed by atoms with E-state index in [-0.39, 0.29) is 13.2 Å². The van der Waals surface area contributed by atoms with Gasteiger partial charge in [-0.2, -0.15) is 0 Å². The lowest BCUT2D eigenvalue weighted by Gasteiger charge is -2.24. The molecule has 0 heterocycles. The van der Waals surface area contributed by atoms with Gasteiger partial charge < -0.3 is 19.5 Å². The minimum absolute atomic E-state index is 0.279. The minimum Gasteiger partial charge on any atom is -0.488 e. The Kier molecular flexibility index (Phi) is 7.42. The second kappa shape index (κ2) is 9.33. The fraction of sp³-hybridized carbons (Fsp3) is 0.400. The number of aryl methyl sites for hydroxylation is 2. The largest absolute Gasteiger partial charge is 0.488 e. The van der Waals surface area contributed by atoms with Crippen molar-refractivity contribution >= 4 is 7.60 Å². The first kappa shape index (κ1) is 20.7. The monoisotopic (exact) mass is 377 g/mol. The summed E-state index contributed by atoms with van der Waals surface area (Å²) in [4.78, 5) is 0. The number of benzene rings is 2. The van der Waals surface area contributed by atoms with Gasteiger partial charge in [0.25, 0.3) is 0 Å². The Labute approximate surface area is 156 Å². The van der Waals surface area contributed by atoms with Gasteiger partial charge in [0.15, 0.2) is 0 Å². The molecule has 142 valence electrons. The van der Waals surface area contributed by atoms with Crippen LogP contribution < -0.4 is 10.5 Å². The normalized spacial score (nSPS) is 12.8. The van der Waals surface area contributed by atoms with Crippen LogP contribution in [0.1, 0.15) is 41.9 Å². The van der Waals surface area contributed by atoms with Crippen molar-refractivity contribution in [3.63, 3.8) is 0 Å². The van der Waals surface area contributed by atoms with E-state index in [1.165, 1.54) is 0 Å². The first-order valence-electron chi connectivity index (χ1n) is 8.83. The lowest BCUT2D eigenvalue weighted by Crippen LogP contribution is -2.15. The topological polar surface area (TPSA) is 70.8 Å². The van der Waals surface area contributed by atoms with Crippen molar-refractivity contribution in [1.82, 2.24) is 0 Å². The third-order valence-corrected chi connectivity index (χ3v) is 6.22. The van der Waals surface area contributed by atoms with E-state index in [4.69, 9.17) is 19.5 Å². The predicted octanol–water partition coefficient (Wildman–Crippen LogP) is 5.11. The summed E-state index contributed by atoms with van der Waals surface area (Å²) in [5.74, 6) is -0.0181. The summed E-state index contributed by atoms with van der Waals surface area (Å²) in [6, 6.07) is 13.8. The summed E-state index contributed by atoms with van der Waals surface area (Å²) in [6.45, 7) is 8.50. The van der Waals surface area contributed by atoms with Crippen molar-refractivity contribution in [2.45, 2.75) is 40.1 Å². The standard InChI is InChI=1S/C20H28NO4P/c1-5-24-26(22,25-6-2)20(21)18-12-15(3)19(16(4)13-18)23-14-17-10-8-7-9-11-17/h7-13,20H,5-6,14,21H2,1-4H3/t20-/m0/s1. The quantitative estimate of drug-likeness (QED) is 0.615. The highest BCUT2D eigenvalue weighted by Crippen LogP contribution is 2.58. The third kappa shape index (κ3) is 4.95. The van der Waals surface area contributed by atoms with E-state index in [0.29, 0.717) is 6.61 Å². The molecule has 2 aromatic carbocycles. The summed E-state index contributed by atoms with van der Waals surface area (Å²) in [6.07, 6.45) is 0. The van der Waals surface area contributed by atoms with E-state index >= 15 is 0 Å². The SMILES string of the molecule is CCOP(=O)(OCC)[C@H](N)c1cc(C)c(OCc2ccccc2)c(C)c1. The van der Waals surface area contributed by atoms with E-state index in [0.717, 1.165) is 28.0 Å². The van der Waals surface area contributed by atoms with Gasteiger partial charge in [-0.25, -0.2) is 0 Å². The molecule has 0 amide bonds. The summed E-state index contributed by atoms with van der Waals surface area (Å²) < 4.78 is 29.7. The fourth-order valence-electron chi connectivity index (χ4n) is 2.85. The molecule has 0 saturated heterocycles. The Hall–Kier alpha value is -1.65. The Morgan fingerprint density at radius 2 is 1.54 bits per heavy atom. The highest BCUT2D eigenvalue weighted by Gasteiger charge is 2.34. The fourth-order valence-corrected chi connectivity index (χ4v) is 4.48.